The minimum absolute atomic E-state index is 0.0106. The average Bonchev–Trinajstić information content (AvgIpc) is 3.86. The molecular weight excluding hydrogens is 1010 g/mol. The number of carboxylic acids is 1. The zero-order valence-corrected chi connectivity index (χ0v) is 45.8. The van der Waals surface area contributed by atoms with E-state index in [1.165, 1.54) is 19.4 Å². The molecule has 0 unspecified atom stereocenters. The number of carbonyl (C=O) groups excluding carboxylic acids is 8. The van der Waals surface area contributed by atoms with Crippen LogP contribution in [0.1, 0.15) is 113 Å². The highest BCUT2D eigenvalue weighted by Gasteiger charge is 2.37. The number of aliphatic hydroxyl groups is 2. The van der Waals surface area contributed by atoms with Crippen LogP contribution in [-0.4, -0.2) is 171 Å². The number of H-pyrrole nitrogens is 1. The van der Waals surface area contributed by atoms with Crippen molar-refractivity contribution in [2.45, 2.75) is 174 Å². The van der Waals surface area contributed by atoms with E-state index in [2.05, 4.69) is 62.5 Å². The van der Waals surface area contributed by atoms with Crippen LogP contribution in [0.3, 0.4) is 0 Å². The number of aliphatic imine (C=N–C) groups is 2. The van der Waals surface area contributed by atoms with Crippen molar-refractivity contribution in [3.05, 3.63) is 18.2 Å². The molecule has 0 aromatic carbocycles. The summed E-state index contributed by atoms with van der Waals surface area (Å²) in [4.78, 5) is 137. The molecule has 29 nitrogen and oxygen atoms in total. The molecule has 0 spiro atoms. The van der Waals surface area contributed by atoms with Crippen molar-refractivity contribution in [1.82, 2.24) is 52.5 Å². The topological polar surface area (TPSA) is 494 Å². The number of guanidine groups is 2. The van der Waals surface area contributed by atoms with Crippen LogP contribution >= 0.6 is 0 Å². The fourth-order valence-corrected chi connectivity index (χ4v) is 7.62. The number of nitrogens with two attached hydrogens (primary N) is 5. The first-order valence-corrected chi connectivity index (χ1v) is 25.8. The lowest BCUT2D eigenvalue weighted by molar-refractivity contribution is -0.145. The Labute approximate surface area is 449 Å². The summed E-state index contributed by atoms with van der Waals surface area (Å²) < 4.78 is 0. The Bertz CT molecular complexity index is 2130. The van der Waals surface area contributed by atoms with E-state index in [1.54, 1.807) is 27.7 Å². The summed E-state index contributed by atoms with van der Waals surface area (Å²) in [6.07, 6.45) is 1.88. The SMILES string of the molecule is CC[C@H](C)[C@H](NC(=O)[C@H](CO)NC(=O)[C@H](Cc1cnc[nH]1)NC(=O)[C@H](CCCN=C(N)N)NC(=O)[C@H](CCCN=C(N)N)NC(=O)[C@H](CC(C)C)NC(=O)[C@@H](N)CC(C)C)C(=O)N[C@H](C(=O)N[C@H](C(=O)O)[C@@H](C)O)C(C)C. The summed E-state index contributed by atoms with van der Waals surface area (Å²) in [5.41, 5.74) is 28.5. The molecule has 0 fully saturated rings. The molecule has 1 rings (SSSR count). The van der Waals surface area contributed by atoms with E-state index in [1.807, 2.05) is 27.7 Å². The van der Waals surface area contributed by atoms with Crippen LogP contribution in [0.2, 0.25) is 0 Å². The van der Waals surface area contributed by atoms with Crippen molar-refractivity contribution in [1.29, 1.82) is 0 Å². The van der Waals surface area contributed by atoms with Gasteiger partial charge in [0.2, 0.25) is 47.3 Å². The Balaban J connectivity index is 3.61. The lowest BCUT2D eigenvalue weighted by atomic mass is 9.96. The molecule has 0 bridgehead atoms. The van der Waals surface area contributed by atoms with E-state index >= 15 is 0 Å². The molecule has 0 aliphatic carbocycles. The van der Waals surface area contributed by atoms with Gasteiger partial charge in [-0.1, -0.05) is 61.8 Å². The number of imidazole rings is 1. The molecule has 0 aliphatic rings. The molecule has 11 atom stereocenters. The molecule has 0 radical (unpaired) electrons. The third-order valence-electron chi connectivity index (χ3n) is 12.1. The normalized spacial score (nSPS) is 15.6. The Morgan fingerprint density at radius 1 is 0.584 bits per heavy atom. The van der Waals surface area contributed by atoms with Gasteiger partial charge in [0.15, 0.2) is 18.0 Å². The van der Waals surface area contributed by atoms with Crippen LogP contribution < -0.4 is 71.2 Å². The van der Waals surface area contributed by atoms with E-state index in [4.69, 9.17) is 28.7 Å². The van der Waals surface area contributed by atoms with Gasteiger partial charge >= 0.3 is 5.97 Å². The number of nitrogens with one attached hydrogen (secondary N) is 9. The minimum atomic E-state index is -1.73. The standard InChI is InChI=1S/C48H87N17O12/c1-10-26(8)36(45(75)63-35(25(6)7)44(74)65-37(27(9)67)46(76)77)64-43(73)34(21-66)62-42(72)33(19-28-20-54-22-57-28)61-40(70)31(14-12-16-56-48(52)53)58-39(69)30(13-11-15-55-47(50)51)59-41(71)32(18-24(4)5)60-38(68)29(49)17-23(2)3/h20,22-27,29-37,66-67H,10-19,21,49H2,1-9H3,(H,54,57)(H,58,69)(H,59,71)(H,60,68)(H,61,70)(H,62,72)(H,63,75)(H,64,73)(H,65,74)(H,76,77)(H4,50,51,55)(H4,52,53,56)/t26-,27+,29-,30-,31-,32-,33-,34-,35-,36-,37-/m0/s1. The fraction of sp³-hybridized carbons (Fsp3) is 0.708. The molecule has 436 valence electrons. The zero-order chi connectivity index (χ0) is 58.7. The number of aliphatic hydroxyl groups excluding tert-OH is 2. The van der Waals surface area contributed by atoms with Crippen LogP contribution in [0.15, 0.2) is 22.5 Å². The highest BCUT2D eigenvalue weighted by molar-refractivity contribution is 5.98. The molecule has 1 heterocycles. The number of carboxylic acid groups (broad SMARTS) is 1. The Morgan fingerprint density at radius 3 is 1.44 bits per heavy atom. The van der Waals surface area contributed by atoms with Crippen LogP contribution in [0.4, 0.5) is 0 Å². The lowest BCUT2D eigenvalue weighted by Gasteiger charge is -2.30. The number of amides is 8. The van der Waals surface area contributed by atoms with E-state index < -0.39 is 132 Å². The second-order valence-electron chi connectivity index (χ2n) is 20.2. The number of aromatic amines is 1. The first kappa shape index (κ1) is 67.9. The molecule has 0 saturated carbocycles. The molecule has 77 heavy (non-hydrogen) atoms. The number of aliphatic carboxylic acids is 1. The van der Waals surface area contributed by atoms with Gasteiger partial charge in [0.05, 0.1) is 25.1 Å². The molecule has 0 aliphatic heterocycles. The first-order chi connectivity index (χ1) is 36.0. The van der Waals surface area contributed by atoms with Crippen LogP contribution in [0, 0.1) is 23.7 Å². The third kappa shape index (κ3) is 25.5. The average molecular weight is 1090 g/mol. The van der Waals surface area contributed by atoms with Gasteiger partial charge in [0.1, 0.15) is 42.3 Å². The summed E-state index contributed by atoms with van der Waals surface area (Å²) in [6.45, 7) is 14.2. The van der Waals surface area contributed by atoms with E-state index in [0.717, 1.165) is 0 Å². The number of hydrogen-bond donors (Lipinski definition) is 17. The van der Waals surface area contributed by atoms with Gasteiger partial charge < -0.3 is 91.5 Å². The summed E-state index contributed by atoms with van der Waals surface area (Å²) >= 11 is 0. The summed E-state index contributed by atoms with van der Waals surface area (Å²) in [5.74, 6) is -10.0. The van der Waals surface area contributed by atoms with Gasteiger partial charge in [-0.05, 0) is 69.1 Å². The Hall–Kier alpha value is -7.14. The molecule has 8 amide bonds. The van der Waals surface area contributed by atoms with Crippen molar-refractivity contribution in [3.8, 4) is 0 Å². The second kappa shape index (κ2) is 34.5. The Kier molecular flexibility index (Phi) is 30.4. The maximum atomic E-state index is 14.4. The summed E-state index contributed by atoms with van der Waals surface area (Å²) in [7, 11) is 0. The van der Waals surface area contributed by atoms with E-state index in [-0.39, 0.29) is 75.4 Å². The zero-order valence-electron chi connectivity index (χ0n) is 45.8. The van der Waals surface area contributed by atoms with Gasteiger partial charge in [-0.2, -0.15) is 0 Å². The number of hydrogen-bond acceptors (Lipinski definition) is 15. The van der Waals surface area contributed by atoms with Crippen LogP contribution in [0.5, 0.6) is 0 Å². The van der Waals surface area contributed by atoms with Crippen LogP contribution in [0.25, 0.3) is 0 Å². The highest BCUT2D eigenvalue weighted by Crippen LogP contribution is 2.14. The van der Waals surface area contributed by atoms with Gasteiger partial charge in [-0.3, -0.25) is 48.3 Å². The smallest absolute Gasteiger partial charge is 0.328 e. The van der Waals surface area contributed by atoms with Gasteiger partial charge in [-0.25, -0.2) is 9.78 Å². The minimum Gasteiger partial charge on any atom is -0.480 e. The lowest BCUT2D eigenvalue weighted by Crippen LogP contribution is -2.62. The van der Waals surface area contributed by atoms with E-state index in [9.17, 15) is 58.5 Å². The van der Waals surface area contributed by atoms with Crippen molar-refractivity contribution in [2.75, 3.05) is 19.7 Å². The van der Waals surface area contributed by atoms with Crippen molar-refractivity contribution in [2.24, 2.45) is 62.3 Å². The molecular formula is C48H87N17O12. The number of carbonyl (C=O) groups is 9. The quantitative estimate of drug-likeness (QED) is 0.0171. The number of nitrogens with zero attached hydrogens (tertiary/aromatic N) is 3. The molecule has 1 aromatic heterocycles. The fourth-order valence-electron chi connectivity index (χ4n) is 7.62. The van der Waals surface area contributed by atoms with Gasteiger partial charge in [0.25, 0.3) is 0 Å². The highest BCUT2D eigenvalue weighted by atomic mass is 16.4. The molecule has 0 saturated heterocycles. The molecule has 22 N–H and O–H groups in total. The predicted octanol–water partition coefficient (Wildman–Crippen LogP) is -4.48. The maximum Gasteiger partial charge on any atom is 0.328 e. The van der Waals surface area contributed by atoms with Gasteiger partial charge in [-0.15, -0.1) is 0 Å². The second-order valence-corrected chi connectivity index (χ2v) is 20.2. The monoisotopic (exact) mass is 1090 g/mol. The van der Waals surface area contributed by atoms with Crippen LogP contribution in [-0.2, 0) is 49.6 Å². The van der Waals surface area contributed by atoms with Crippen molar-refractivity contribution >= 4 is 65.1 Å². The predicted molar refractivity (Wildman–Crippen MR) is 285 cm³/mol. The Morgan fingerprint density at radius 2 is 1.01 bits per heavy atom. The largest absolute Gasteiger partial charge is 0.480 e. The third-order valence-corrected chi connectivity index (χ3v) is 12.1. The maximum absolute atomic E-state index is 14.4. The molecule has 1 aromatic rings. The van der Waals surface area contributed by atoms with E-state index in [0.29, 0.717) is 18.5 Å². The summed E-state index contributed by atoms with van der Waals surface area (Å²) in [6, 6.07) is -12.4. The van der Waals surface area contributed by atoms with Crippen molar-refractivity contribution < 1.29 is 58.5 Å². The number of aromatic nitrogens is 2. The summed E-state index contributed by atoms with van der Waals surface area (Å²) in [5, 5.41) is 50.2. The number of rotatable bonds is 36. The van der Waals surface area contributed by atoms with Crippen molar-refractivity contribution in [3.63, 3.8) is 0 Å². The first-order valence-electron chi connectivity index (χ1n) is 25.8. The van der Waals surface area contributed by atoms with Gasteiger partial charge in [0, 0.05) is 31.4 Å². The molecule has 29 heteroatoms.